The normalized spacial score (nSPS) is 28.7. The molecule has 1 aliphatic carbocycles. The van der Waals surface area contributed by atoms with Crippen LogP contribution >= 0.6 is 0 Å². The minimum Gasteiger partial charge on any atom is -0.464 e. The molecule has 1 unspecified atom stereocenters. The Kier molecular flexibility index (Phi) is 10.9. The lowest BCUT2D eigenvalue weighted by atomic mass is 9.93. The van der Waals surface area contributed by atoms with E-state index in [4.69, 9.17) is 14.2 Å². The van der Waals surface area contributed by atoms with E-state index in [2.05, 4.69) is 10.6 Å². The Morgan fingerprint density at radius 1 is 1.15 bits per heavy atom. The van der Waals surface area contributed by atoms with E-state index in [0.717, 1.165) is 19.3 Å². The van der Waals surface area contributed by atoms with Gasteiger partial charge >= 0.3 is 18.0 Å². The molecular weight excluding hydrogens is 612 g/mol. The fraction of sp³-hybridized carbons (Fsp3) is 0.606. The van der Waals surface area contributed by atoms with Crippen LogP contribution in [0.4, 0.5) is 10.5 Å². The van der Waals surface area contributed by atoms with E-state index in [1.54, 1.807) is 27.7 Å². The Labute approximate surface area is 273 Å². The van der Waals surface area contributed by atoms with Crippen molar-refractivity contribution in [2.45, 2.75) is 102 Å². The average Bonchev–Trinajstić information content (AvgIpc) is 3.53. The number of allylic oxidation sites excluding steroid dienone is 1. The van der Waals surface area contributed by atoms with Gasteiger partial charge in [0.1, 0.15) is 29.3 Å². The number of hydrogen-bond acceptors (Lipinski definition) is 10. The van der Waals surface area contributed by atoms with Gasteiger partial charge in [0.05, 0.1) is 23.6 Å². The van der Waals surface area contributed by atoms with E-state index in [-0.39, 0.29) is 42.7 Å². The Morgan fingerprint density at radius 2 is 1.85 bits per heavy atom. The van der Waals surface area contributed by atoms with Crippen LogP contribution in [0.25, 0.3) is 0 Å². The van der Waals surface area contributed by atoms with Crippen LogP contribution in [0.2, 0.25) is 0 Å². The van der Waals surface area contributed by atoms with Gasteiger partial charge in [-0.15, -0.1) is 0 Å². The second-order valence-corrected chi connectivity index (χ2v) is 13.4. The van der Waals surface area contributed by atoms with Crippen LogP contribution < -0.4 is 10.6 Å². The van der Waals surface area contributed by atoms with E-state index >= 15 is 0 Å². The Morgan fingerprint density at radius 3 is 2.49 bits per heavy atom. The number of nitrogens with zero attached hydrogens (tertiary/aromatic N) is 2. The third kappa shape index (κ3) is 8.66. The maximum Gasteiger partial charge on any atom is 0.408 e. The van der Waals surface area contributed by atoms with Crippen LogP contribution in [0.3, 0.4) is 0 Å². The monoisotopic (exact) mass is 656 g/mol. The van der Waals surface area contributed by atoms with Crippen LogP contribution in [0, 0.1) is 22.0 Å². The zero-order chi connectivity index (χ0) is 34.5. The first-order chi connectivity index (χ1) is 22.1. The highest BCUT2D eigenvalue weighted by molar-refractivity contribution is 5.97. The van der Waals surface area contributed by atoms with Crippen molar-refractivity contribution in [3.05, 3.63) is 52.1 Å². The second-order valence-electron chi connectivity index (χ2n) is 13.4. The number of non-ortho nitro benzene ring substituents is 1. The number of carbonyl (C=O) groups excluding carboxylic acids is 5. The zero-order valence-corrected chi connectivity index (χ0v) is 27.5. The summed E-state index contributed by atoms with van der Waals surface area (Å²) in [5.41, 5.74) is -2.24. The van der Waals surface area contributed by atoms with Crippen LogP contribution in [0.5, 0.6) is 0 Å². The molecular formula is C33H44N4O10. The van der Waals surface area contributed by atoms with Gasteiger partial charge in [-0.3, -0.25) is 19.7 Å². The molecule has 6 atom stereocenters. The zero-order valence-electron chi connectivity index (χ0n) is 27.5. The number of nitrogens with one attached hydrogen (secondary N) is 2. The van der Waals surface area contributed by atoms with Crippen molar-refractivity contribution in [2.75, 3.05) is 13.2 Å². The molecule has 1 aromatic rings. The molecule has 3 aliphatic rings. The number of nitro groups is 1. The highest BCUT2D eigenvalue weighted by atomic mass is 16.6. The molecule has 14 heteroatoms. The summed E-state index contributed by atoms with van der Waals surface area (Å²) >= 11 is 0. The molecule has 14 nitrogen and oxygen atoms in total. The lowest BCUT2D eigenvalue weighted by Gasteiger charge is -2.32. The molecule has 0 spiro atoms. The van der Waals surface area contributed by atoms with Crippen molar-refractivity contribution in [1.29, 1.82) is 0 Å². The molecule has 0 aromatic heterocycles. The van der Waals surface area contributed by atoms with Crippen molar-refractivity contribution < 1.29 is 43.1 Å². The summed E-state index contributed by atoms with van der Waals surface area (Å²) in [6, 6.07) is 2.68. The maximum atomic E-state index is 14.3. The Bertz CT molecular complexity index is 1400. The predicted molar refractivity (Wildman–Crippen MR) is 168 cm³/mol. The second kappa shape index (κ2) is 14.5. The fourth-order valence-electron chi connectivity index (χ4n) is 6.04. The number of esters is 2. The van der Waals surface area contributed by atoms with Gasteiger partial charge in [-0.05, 0) is 71.4 Å². The van der Waals surface area contributed by atoms with Gasteiger partial charge in [0, 0.05) is 24.5 Å². The molecule has 3 amide bonds. The van der Waals surface area contributed by atoms with Crippen molar-refractivity contribution in [2.24, 2.45) is 11.8 Å². The molecule has 0 bridgehead atoms. The Balaban J connectivity index is 1.65. The van der Waals surface area contributed by atoms with Crippen molar-refractivity contribution in [1.82, 2.24) is 15.5 Å². The van der Waals surface area contributed by atoms with Crippen molar-refractivity contribution in [3.8, 4) is 0 Å². The largest absolute Gasteiger partial charge is 0.464 e. The molecule has 2 heterocycles. The van der Waals surface area contributed by atoms with Crippen LogP contribution in [-0.4, -0.2) is 82.1 Å². The van der Waals surface area contributed by atoms with Gasteiger partial charge in [0.2, 0.25) is 11.8 Å². The number of nitro benzene ring substituents is 1. The molecule has 0 radical (unpaired) electrons. The lowest BCUT2D eigenvalue weighted by Crippen LogP contribution is -2.58. The molecule has 1 aromatic carbocycles. The molecule has 256 valence electrons. The summed E-state index contributed by atoms with van der Waals surface area (Å²) in [5, 5.41) is 16.6. The van der Waals surface area contributed by atoms with Crippen LogP contribution in [0.1, 0.15) is 83.5 Å². The molecule has 4 rings (SSSR count). The topological polar surface area (TPSA) is 183 Å². The number of rotatable bonds is 6. The molecule has 2 aliphatic heterocycles. The van der Waals surface area contributed by atoms with Crippen molar-refractivity contribution in [3.63, 3.8) is 0 Å². The first kappa shape index (κ1) is 35.4. The van der Waals surface area contributed by atoms with E-state index < -0.39 is 64.1 Å². The third-order valence-electron chi connectivity index (χ3n) is 8.59. The standard InChI is InChI=1S/C33H44N4O10/c1-6-45-30(41)33-18-22(33)12-10-8-7-9-11-20(2)26(34-31(42)47-32(3,4)5)28(39)36-19-24(17-25(36)27(38)35-33)46-29(40)21-13-15-23(16-14-21)37(43)44/h10,12-16,20,22,24-26H,6-9,11,17-19H2,1-5H3,(H,34,42)(H,35,38)/b12-10-/t20?,22-,24+,25+,26+,33-/m1/s1. The number of alkyl carbamates (subject to hydrolysis) is 1. The molecule has 1 saturated heterocycles. The molecule has 47 heavy (non-hydrogen) atoms. The SMILES string of the molecule is CCOC(=O)[C@@]12C[C@H]1/C=C\CCCCC(C)[C@H](NC(=O)OC(C)(C)C)C(=O)N1C[C@@H](OC(=O)c3ccc([N+](=O)[O-])cc3)C[C@H]1C(=O)N2. The molecule has 1 saturated carbocycles. The summed E-state index contributed by atoms with van der Waals surface area (Å²) in [6.07, 6.45) is 5.36. The first-order valence-electron chi connectivity index (χ1n) is 16.1. The highest BCUT2D eigenvalue weighted by Gasteiger charge is 2.62. The summed E-state index contributed by atoms with van der Waals surface area (Å²) in [6.45, 7) is 8.60. The quantitative estimate of drug-likeness (QED) is 0.150. The third-order valence-corrected chi connectivity index (χ3v) is 8.59. The number of amides is 3. The van der Waals surface area contributed by atoms with E-state index in [0.29, 0.717) is 12.8 Å². The molecule has 2 N–H and O–H groups in total. The summed E-state index contributed by atoms with van der Waals surface area (Å²) in [7, 11) is 0. The van der Waals surface area contributed by atoms with E-state index in [1.165, 1.54) is 29.2 Å². The minimum atomic E-state index is -1.28. The van der Waals surface area contributed by atoms with Gasteiger partial charge in [-0.25, -0.2) is 14.4 Å². The minimum absolute atomic E-state index is 0.0581. The Hall–Kier alpha value is -4.49. The summed E-state index contributed by atoms with van der Waals surface area (Å²) in [4.78, 5) is 79.0. The summed E-state index contributed by atoms with van der Waals surface area (Å²) < 4.78 is 16.5. The van der Waals surface area contributed by atoms with Gasteiger partial charge in [-0.1, -0.05) is 25.5 Å². The number of ether oxygens (including phenoxy) is 3. The van der Waals surface area contributed by atoms with E-state index in [9.17, 15) is 34.1 Å². The highest BCUT2D eigenvalue weighted by Crippen LogP contribution is 2.46. The smallest absolute Gasteiger partial charge is 0.408 e. The number of carbonyl (C=O) groups is 5. The lowest BCUT2D eigenvalue weighted by molar-refractivity contribution is -0.384. The maximum absolute atomic E-state index is 14.3. The summed E-state index contributed by atoms with van der Waals surface area (Å²) in [5.74, 6) is -3.14. The first-order valence-corrected chi connectivity index (χ1v) is 16.1. The van der Waals surface area contributed by atoms with Crippen LogP contribution in [-0.2, 0) is 28.6 Å². The number of benzene rings is 1. The van der Waals surface area contributed by atoms with Gasteiger partial charge < -0.3 is 29.7 Å². The van der Waals surface area contributed by atoms with E-state index in [1.807, 2.05) is 19.1 Å². The van der Waals surface area contributed by atoms with Crippen molar-refractivity contribution >= 4 is 35.5 Å². The van der Waals surface area contributed by atoms with Crippen LogP contribution in [0.15, 0.2) is 36.4 Å². The average molecular weight is 657 g/mol. The fourth-order valence-corrected chi connectivity index (χ4v) is 6.04. The number of hydrogen-bond donors (Lipinski definition) is 2. The van der Waals surface area contributed by atoms with Gasteiger partial charge in [-0.2, -0.15) is 0 Å². The van der Waals surface area contributed by atoms with Gasteiger partial charge in [0.15, 0.2) is 0 Å². The van der Waals surface area contributed by atoms with Gasteiger partial charge in [0.25, 0.3) is 5.69 Å². The predicted octanol–water partition coefficient (Wildman–Crippen LogP) is 3.82. The molecule has 2 fully saturated rings. The number of fused-ring (bicyclic) bond motifs is 2.